The van der Waals surface area contributed by atoms with Crippen LogP contribution in [0.4, 0.5) is 9.52 Å². The Morgan fingerprint density at radius 1 is 1.25 bits per heavy atom. The van der Waals surface area contributed by atoms with Crippen LogP contribution in [-0.2, 0) is 20.7 Å². The molecule has 1 aliphatic heterocycles. The zero-order valence-electron chi connectivity index (χ0n) is 18.9. The number of likely N-dealkylation sites (tertiary alicyclic amines) is 1. The lowest BCUT2D eigenvalue weighted by atomic mass is 9.97. The number of aromatic nitrogens is 2. The van der Waals surface area contributed by atoms with Crippen LogP contribution in [0.1, 0.15) is 51.4 Å². The summed E-state index contributed by atoms with van der Waals surface area (Å²) in [6.45, 7) is 8.06. The van der Waals surface area contributed by atoms with E-state index in [-0.39, 0.29) is 29.7 Å². The maximum absolute atomic E-state index is 13.1. The number of esters is 1. The first-order valence-electron chi connectivity index (χ1n) is 11.2. The van der Waals surface area contributed by atoms with E-state index < -0.39 is 0 Å². The highest BCUT2D eigenvalue weighted by molar-refractivity contribution is 7.09. The van der Waals surface area contributed by atoms with Gasteiger partial charge in [0.1, 0.15) is 11.6 Å². The first-order chi connectivity index (χ1) is 15.4. The third-order valence-electron chi connectivity index (χ3n) is 5.64. The second kappa shape index (κ2) is 11.4. The first-order valence-corrected chi connectivity index (χ1v) is 11.9. The number of amides is 1. The van der Waals surface area contributed by atoms with Crippen molar-refractivity contribution in [3.05, 3.63) is 41.5 Å². The number of carbonyl (C=O) groups excluding carboxylic acids is 2. The van der Waals surface area contributed by atoms with E-state index in [2.05, 4.69) is 28.1 Å². The van der Waals surface area contributed by atoms with Gasteiger partial charge in [0.05, 0.1) is 12.5 Å². The van der Waals surface area contributed by atoms with Crippen molar-refractivity contribution >= 4 is 28.5 Å². The van der Waals surface area contributed by atoms with Crippen molar-refractivity contribution < 1.29 is 18.7 Å². The molecule has 0 bridgehead atoms. The lowest BCUT2D eigenvalue weighted by molar-refractivity contribution is -0.151. The van der Waals surface area contributed by atoms with Crippen molar-refractivity contribution in [3.8, 4) is 0 Å². The Morgan fingerprint density at radius 3 is 2.56 bits per heavy atom. The van der Waals surface area contributed by atoms with Gasteiger partial charge in [-0.05, 0) is 51.3 Å². The molecule has 0 atom stereocenters. The number of benzene rings is 1. The molecule has 1 aromatic heterocycles. The van der Waals surface area contributed by atoms with E-state index in [0.29, 0.717) is 57.7 Å². The Hall–Kier alpha value is -2.55. The number of nitrogens with zero attached hydrogens (tertiary/aromatic N) is 4. The van der Waals surface area contributed by atoms with Gasteiger partial charge >= 0.3 is 5.97 Å². The van der Waals surface area contributed by atoms with E-state index >= 15 is 0 Å². The van der Waals surface area contributed by atoms with Crippen molar-refractivity contribution in [1.82, 2.24) is 14.3 Å². The van der Waals surface area contributed by atoms with Gasteiger partial charge < -0.3 is 14.5 Å². The highest BCUT2D eigenvalue weighted by Gasteiger charge is 2.28. The SMILES string of the molecule is CCOC(=O)C1CCN(C(=O)CCN(c2nc(Cc3ccc(F)cc3)ns2)C(C)C)CC1. The molecule has 0 radical (unpaired) electrons. The number of anilines is 1. The minimum absolute atomic E-state index is 0.0917. The molecule has 1 aliphatic rings. The van der Waals surface area contributed by atoms with Crippen LogP contribution in [0.15, 0.2) is 24.3 Å². The molecule has 1 saturated heterocycles. The fourth-order valence-corrected chi connectivity index (χ4v) is 4.64. The molecule has 2 aromatic rings. The van der Waals surface area contributed by atoms with Gasteiger partial charge in [-0.1, -0.05) is 12.1 Å². The molecule has 2 heterocycles. The van der Waals surface area contributed by atoms with Gasteiger partial charge in [-0.3, -0.25) is 9.59 Å². The molecule has 0 unspecified atom stereocenters. The van der Waals surface area contributed by atoms with Crippen LogP contribution in [0.3, 0.4) is 0 Å². The average molecular weight is 463 g/mol. The van der Waals surface area contributed by atoms with E-state index in [1.54, 1.807) is 19.1 Å². The fourth-order valence-electron chi connectivity index (χ4n) is 3.79. The van der Waals surface area contributed by atoms with E-state index in [4.69, 9.17) is 4.74 Å². The standard InChI is InChI=1S/C23H31FN4O3S/c1-4-31-22(30)18-9-12-27(13-10-18)21(29)11-14-28(16(2)3)23-25-20(26-32-23)15-17-5-7-19(24)8-6-17/h5-8,16,18H,4,9-15H2,1-3H3. The molecular weight excluding hydrogens is 431 g/mol. The van der Waals surface area contributed by atoms with Gasteiger partial charge in [0.15, 0.2) is 0 Å². The summed E-state index contributed by atoms with van der Waals surface area (Å²) in [6, 6.07) is 6.51. The number of rotatable bonds is 9. The molecule has 0 N–H and O–H groups in total. The van der Waals surface area contributed by atoms with Gasteiger partial charge in [0.25, 0.3) is 0 Å². The highest BCUT2D eigenvalue weighted by atomic mass is 32.1. The second-order valence-electron chi connectivity index (χ2n) is 8.24. The predicted octanol–water partition coefficient (Wildman–Crippen LogP) is 3.67. The monoisotopic (exact) mass is 462 g/mol. The molecule has 0 spiro atoms. The summed E-state index contributed by atoms with van der Waals surface area (Å²) in [4.78, 5) is 33.2. The number of ether oxygens (including phenoxy) is 1. The van der Waals surface area contributed by atoms with E-state index in [9.17, 15) is 14.0 Å². The quantitative estimate of drug-likeness (QED) is 0.529. The number of piperidine rings is 1. The van der Waals surface area contributed by atoms with Crippen molar-refractivity contribution in [2.75, 3.05) is 31.1 Å². The van der Waals surface area contributed by atoms with Crippen LogP contribution >= 0.6 is 11.5 Å². The highest BCUT2D eigenvalue weighted by Crippen LogP contribution is 2.23. The molecule has 9 heteroatoms. The zero-order valence-corrected chi connectivity index (χ0v) is 19.7. The maximum Gasteiger partial charge on any atom is 0.309 e. The first kappa shape index (κ1) is 24.1. The van der Waals surface area contributed by atoms with E-state index in [1.165, 1.54) is 23.7 Å². The molecular formula is C23H31FN4O3S. The second-order valence-corrected chi connectivity index (χ2v) is 8.97. The Kier molecular flexibility index (Phi) is 8.55. The summed E-state index contributed by atoms with van der Waals surface area (Å²) in [5.74, 6) is 0.260. The maximum atomic E-state index is 13.1. The summed E-state index contributed by atoms with van der Waals surface area (Å²) in [6.07, 6.45) is 2.23. The molecule has 1 aromatic carbocycles. The van der Waals surface area contributed by atoms with Gasteiger partial charge in [0.2, 0.25) is 11.0 Å². The summed E-state index contributed by atoms with van der Waals surface area (Å²) in [5, 5.41) is 0.783. The van der Waals surface area contributed by atoms with E-state index in [1.807, 2.05) is 4.90 Å². The lowest BCUT2D eigenvalue weighted by Crippen LogP contribution is -2.42. The molecule has 174 valence electrons. The Labute approximate surface area is 192 Å². The number of hydrogen-bond acceptors (Lipinski definition) is 7. The Morgan fingerprint density at radius 2 is 1.94 bits per heavy atom. The molecule has 3 rings (SSSR count). The largest absolute Gasteiger partial charge is 0.466 e. The van der Waals surface area contributed by atoms with Crippen molar-refractivity contribution in [2.24, 2.45) is 5.92 Å². The smallest absolute Gasteiger partial charge is 0.309 e. The van der Waals surface area contributed by atoms with Crippen LogP contribution in [-0.4, -0.2) is 58.4 Å². The van der Waals surface area contributed by atoms with Crippen molar-refractivity contribution in [2.45, 2.75) is 52.5 Å². The Bertz CT molecular complexity index is 895. The summed E-state index contributed by atoms with van der Waals surface area (Å²) >= 11 is 1.32. The van der Waals surface area contributed by atoms with Crippen molar-refractivity contribution in [1.29, 1.82) is 0 Å². The molecule has 0 saturated carbocycles. The zero-order chi connectivity index (χ0) is 23.1. The molecule has 1 fully saturated rings. The van der Waals surface area contributed by atoms with Gasteiger partial charge in [-0.15, -0.1) is 0 Å². The van der Waals surface area contributed by atoms with Crippen molar-refractivity contribution in [3.63, 3.8) is 0 Å². The summed E-state index contributed by atoms with van der Waals surface area (Å²) < 4.78 is 22.7. The van der Waals surface area contributed by atoms with Crippen LogP contribution < -0.4 is 4.90 Å². The van der Waals surface area contributed by atoms with Gasteiger partial charge in [-0.25, -0.2) is 9.37 Å². The summed E-state index contributed by atoms with van der Waals surface area (Å²) in [7, 11) is 0. The van der Waals surface area contributed by atoms with E-state index in [0.717, 1.165) is 10.7 Å². The average Bonchev–Trinajstić information content (AvgIpc) is 3.23. The Balaban J connectivity index is 1.52. The summed E-state index contributed by atoms with van der Waals surface area (Å²) in [5.41, 5.74) is 0.952. The van der Waals surface area contributed by atoms with Gasteiger partial charge in [0, 0.05) is 50.1 Å². The molecule has 0 aliphatic carbocycles. The third kappa shape index (κ3) is 6.48. The number of carbonyl (C=O) groups is 2. The topological polar surface area (TPSA) is 75.6 Å². The van der Waals surface area contributed by atoms with Crippen LogP contribution in [0.5, 0.6) is 0 Å². The number of halogens is 1. The van der Waals surface area contributed by atoms with Crippen LogP contribution in [0, 0.1) is 11.7 Å². The van der Waals surface area contributed by atoms with Gasteiger partial charge in [-0.2, -0.15) is 4.37 Å². The number of hydrogen-bond donors (Lipinski definition) is 0. The molecule has 1 amide bonds. The van der Waals surface area contributed by atoms with Crippen LogP contribution in [0.25, 0.3) is 0 Å². The molecule has 7 nitrogen and oxygen atoms in total. The lowest BCUT2D eigenvalue weighted by Gasteiger charge is -2.32. The minimum Gasteiger partial charge on any atom is -0.466 e. The minimum atomic E-state index is -0.263. The van der Waals surface area contributed by atoms with Crippen LogP contribution in [0.2, 0.25) is 0 Å². The fraction of sp³-hybridized carbons (Fsp3) is 0.565. The molecule has 32 heavy (non-hydrogen) atoms. The normalized spacial score (nSPS) is 14.6. The predicted molar refractivity (Wildman–Crippen MR) is 122 cm³/mol. The third-order valence-corrected chi connectivity index (χ3v) is 6.43.